The van der Waals surface area contributed by atoms with Gasteiger partial charge in [0.2, 0.25) is 0 Å². The van der Waals surface area contributed by atoms with Crippen molar-refractivity contribution in [1.82, 2.24) is 19.6 Å². The van der Waals surface area contributed by atoms with Crippen molar-refractivity contribution in [1.29, 1.82) is 0 Å². The topological polar surface area (TPSA) is 46.3 Å². The zero-order valence-corrected chi connectivity index (χ0v) is 13.3. The highest BCUT2D eigenvalue weighted by molar-refractivity contribution is 5.43. The molecule has 0 N–H and O–H groups in total. The van der Waals surface area contributed by atoms with Crippen molar-refractivity contribution in [3.8, 4) is 0 Å². The molecule has 0 aromatic carbocycles. The average Bonchev–Trinajstić information content (AvgIpc) is 3.05. The second-order valence-electron chi connectivity index (χ2n) is 6.15. The van der Waals surface area contributed by atoms with E-state index in [1.54, 1.807) is 0 Å². The van der Waals surface area contributed by atoms with Gasteiger partial charge in [-0.1, -0.05) is 6.07 Å². The third-order valence-electron chi connectivity index (χ3n) is 4.60. The Kier molecular flexibility index (Phi) is 3.82. The van der Waals surface area contributed by atoms with E-state index in [1.807, 2.05) is 33.7 Å². The standard InChI is InChI=1S/C17H16F3N5/c18-17(19,20)13-4-7-21-15(11-13)24-9-5-12(6-10-24)16-23-22-14-3-1-2-8-25(14)16/h1-4,7-8,11-12H,5-6,9-10H2. The van der Waals surface area contributed by atoms with Gasteiger partial charge in [-0.05, 0) is 37.1 Å². The fourth-order valence-corrected chi connectivity index (χ4v) is 3.27. The van der Waals surface area contributed by atoms with Crippen molar-refractivity contribution >= 4 is 11.5 Å². The van der Waals surface area contributed by atoms with E-state index < -0.39 is 11.7 Å². The minimum absolute atomic E-state index is 0.236. The first kappa shape index (κ1) is 15.9. The Morgan fingerprint density at radius 3 is 2.60 bits per heavy atom. The van der Waals surface area contributed by atoms with Crippen molar-refractivity contribution in [2.45, 2.75) is 24.9 Å². The number of anilines is 1. The molecule has 1 fully saturated rings. The molecular weight excluding hydrogens is 331 g/mol. The molecular formula is C17H16F3N5. The number of hydrogen-bond donors (Lipinski definition) is 0. The molecule has 0 aliphatic carbocycles. The van der Waals surface area contributed by atoms with Crippen LogP contribution >= 0.6 is 0 Å². The number of hydrogen-bond acceptors (Lipinski definition) is 4. The molecule has 0 spiro atoms. The number of fused-ring (bicyclic) bond motifs is 1. The maximum Gasteiger partial charge on any atom is 0.416 e. The van der Waals surface area contributed by atoms with Crippen LogP contribution in [0, 0.1) is 0 Å². The van der Waals surface area contributed by atoms with Crippen LogP contribution in [-0.2, 0) is 6.18 Å². The van der Waals surface area contributed by atoms with Crippen molar-refractivity contribution in [3.05, 3.63) is 54.1 Å². The summed E-state index contributed by atoms with van der Waals surface area (Å²) in [5.74, 6) is 1.52. The third-order valence-corrected chi connectivity index (χ3v) is 4.60. The van der Waals surface area contributed by atoms with Gasteiger partial charge in [-0.3, -0.25) is 4.40 Å². The van der Waals surface area contributed by atoms with E-state index in [9.17, 15) is 13.2 Å². The summed E-state index contributed by atoms with van der Waals surface area (Å²) < 4.78 is 40.6. The zero-order chi connectivity index (χ0) is 17.4. The number of pyridine rings is 2. The van der Waals surface area contributed by atoms with E-state index in [2.05, 4.69) is 15.2 Å². The molecule has 5 nitrogen and oxygen atoms in total. The molecule has 1 saturated heterocycles. The number of rotatable bonds is 2. The van der Waals surface area contributed by atoms with Gasteiger partial charge in [0.1, 0.15) is 11.6 Å². The van der Waals surface area contributed by atoms with Crippen LogP contribution in [0.5, 0.6) is 0 Å². The normalized spacial score (nSPS) is 16.5. The van der Waals surface area contributed by atoms with E-state index in [4.69, 9.17) is 0 Å². The number of piperidine rings is 1. The van der Waals surface area contributed by atoms with Crippen LogP contribution in [0.2, 0.25) is 0 Å². The Morgan fingerprint density at radius 1 is 1.04 bits per heavy atom. The molecule has 3 aromatic rings. The molecule has 0 radical (unpaired) electrons. The number of halogens is 3. The van der Waals surface area contributed by atoms with Crippen molar-refractivity contribution < 1.29 is 13.2 Å². The molecule has 0 atom stereocenters. The molecule has 0 unspecified atom stereocenters. The predicted molar refractivity (Wildman–Crippen MR) is 86.4 cm³/mol. The lowest BCUT2D eigenvalue weighted by Gasteiger charge is -2.32. The van der Waals surface area contributed by atoms with E-state index >= 15 is 0 Å². The molecule has 130 valence electrons. The van der Waals surface area contributed by atoms with Gasteiger partial charge >= 0.3 is 6.18 Å². The van der Waals surface area contributed by atoms with Crippen LogP contribution in [0.4, 0.5) is 19.0 Å². The molecule has 3 aromatic heterocycles. The van der Waals surface area contributed by atoms with Gasteiger partial charge in [-0.2, -0.15) is 13.2 Å². The highest BCUT2D eigenvalue weighted by Crippen LogP contribution is 2.33. The summed E-state index contributed by atoms with van der Waals surface area (Å²) >= 11 is 0. The van der Waals surface area contributed by atoms with Crippen molar-refractivity contribution in [2.75, 3.05) is 18.0 Å². The molecule has 25 heavy (non-hydrogen) atoms. The Hall–Kier alpha value is -2.64. The van der Waals surface area contributed by atoms with Crippen LogP contribution in [0.3, 0.4) is 0 Å². The predicted octanol–water partition coefficient (Wildman–Crippen LogP) is 3.53. The summed E-state index contributed by atoms with van der Waals surface area (Å²) in [6.45, 7) is 1.28. The highest BCUT2D eigenvalue weighted by Gasteiger charge is 2.32. The first-order valence-electron chi connectivity index (χ1n) is 8.10. The lowest BCUT2D eigenvalue weighted by Crippen LogP contribution is -2.34. The molecule has 0 saturated carbocycles. The third kappa shape index (κ3) is 3.04. The van der Waals surface area contributed by atoms with Gasteiger partial charge in [-0.15, -0.1) is 10.2 Å². The maximum absolute atomic E-state index is 12.9. The zero-order valence-electron chi connectivity index (χ0n) is 13.3. The maximum atomic E-state index is 12.9. The van der Waals surface area contributed by atoms with Crippen molar-refractivity contribution in [3.63, 3.8) is 0 Å². The molecule has 1 aliphatic rings. The molecule has 1 aliphatic heterocycles. The molecule has 0 amide bonds. The van der Waals surface area contributed by atoms with E-state index in [-0.39, 0.29) is 5.92 Å². The second kappa shape index (κ2) is 6.02. The van der Waals surface area contributed by atoms with Gasteiger partial charge in [0.25, 0.3) is 0 Å². The SMILES string of the molecule is FC(F)(F)c1ccnc(N2CCC(c3nnc4ccccn34)CC2)c1. The van der Waals surface area contributed by atoms with Gasteiger partial charge in [0, 0.05) is 31.4 Å². The molecule has 4 rings (SSSR count). The van der Waals surface area contributed by atoms with Crippen LogP contribution in [0.25, 0.3) is 5.65 Å². The Bertz CT molecular complexity index is 881. The van der Waals surface area contributed by atoms with E-state index in [1.165, 1.54) is 6.20 Å². The summed E-state index contributed by atoms with van der Waals surface area (Å²) in [5, 5.41) is 8.46. The van der Waals surface area contributed by atoms with Gasteiger partial charge in [-0.25, -0.2) is 4.98 Å². The second-order valence-corrected chi connectivity index (χ2v) is 6.15. The number of aromatic nitrogens is 4. The average molecular weight is 347 g/mol. The minimum Gasteiger partial charge on any atom is -0.357 e. The monoisotopic (exact) mass is 347 g/mol. The molecule has 0 bridgehead atoms. The smallest absolute Gasteiger partial charge is 0.357 e. The fraction of sp³-hybridized carbons (Fsp3) is 0.353. The number of alkyl halides is 3. The summed E-state index contributed by atoms with van der Waals surface area (Å²) in [5.41, 5.74) is 0.141. The van der Waals surface area contributed by atoms with Crippen LogP contribution in [-0.4, -0.2) is 32.7 Å². The quantitative estimate of drug-likeness (QED) is 0.712. The Balaban J connectivity index is 1.50. The van der Waals surface area contributed by atoms with Crippen LogP contribution < -0.4 is 4.90 Å². The lowest BCUT2D eigenvalue weighted by molar-refractivity contribution is -0.137. The molecule has 8 heteroatoms. The van der Waals surface area contributed by atoms with Crippen molar-refractivity contribution in [2.24, 2.45) is 0 Å². The summed E-state index contributed by atoms with van der Waals surface area (Å²) in [7, 11) is 0. The Morgan fingerprint density at radius 2 is 1.84 bits per heavy atom. The van der Waals surface area contributed by atoms with Gasteiger partial charge in [0.15, 0.2) is 5.65 Å². The van der Waals surface area contributed by atoms with Gasteiger partial charge < -0.3 is 4.90 Å². The molecule has 4 heterocycles. The number of nitrogens with zero attached hydrogens (tertiary/aromatic N) is 5. The first-order chi connectivity index (χ1) is 12.0. The van der Waals surface area contributed by atoms with E-state index in [0.29, 0.717) is 18.9 Å². The van der Waals surface area contributed by atoms with Crippen LogP contribution in [0.15, 0.2) is 42.7 Å². The summed E-state index contributed by atoms with van der Waals surface area (Å²) in [4.78, 5) is 6.00. The highest BCUT2D eigenvalue weighted by atomic mass is 19.4. The lowest BCUT2D eigenvalue weighted by atomic mass is 9.96. The summed E-state index contributed by atoms with van der Waals surface area (Å²) in [6, 6.07) is 7.86. The largest absolute Gasteiger partial charge is 0.416 e. The van der Waals surface area contributed by atoms with Crippen LogP contribution in [0.1, 0.15) is 30.1 Å². The summed E-state index contributed by atoms with van der Waals surface area (Å²) in [6.07, 6.45) is 0.402. The Labute approximate surface area is 142 Å². The van der Waals surface area contributed by atoms with Gasteiger partial charge in [0.05, 0.1) is 5.56 Å². The first-order valence-corrected chi connectivity index (χ1v) is 8.10. The van der Waals surface area contributed by atoms with E-state index in [0.717, 1.165) is 36.4 Å². The minimum atomic E-state index is -4.35. The fourth-order valence-electron chi connectivity index (χ4n) is 3.27.